The number of aromatic nitrogens is 3. The number of nitrogens with zero attached hydrogens (tertiary/aromatic N) is 4. The Morgan fingerprint density at radius 2 is 2.05 bits per heavy atom. The number of pyridine rings is 1. The second kappa shape index (κ2) is 9.98. The summed E-state index contributed by atoms with van der Waals surface area (Å²) in [4.78, 5) is 36.1. The van der Waals surface area contributed by atoms with E-state index in [0.29, 0.717) is 17.6 Å². The Bertz CT molecular complexity index is 1350. The zero-order valence-corrected chi connectivity index (χ0v) is 22.8. The number of amides is 2. The lowest BCUT2D eigenvalue weighted by Gasteiger charge is -2.46. The molecule has 3 aromatic rings. The van der Waals surface area contributed by atoms with Gasteiger partial charge in [-0.25, -0.2) is 4.98 Å². The van der Waals surface area contributed by atoms with E-state index in [0.717, 1.165) is 55.5 Å². The van der Waals surface area contributed by atoms with E-state index in [1.54, 1.807) is 24.5 Å². The molecule has 1 aliphatic carbocycles. The van der Waals surface area contributed by atoms with Gasteiger partial charge in [-0.1, -0.05) is 33.4 Å². The van der Waals surface area contributed by atoms with Gasteiger partial charge in [0.05, 0.1) is 16.6 Å². The highest BCUT2D eigenvalue weighted by Gasteiger charge is 2.50. The molecule has 200 valence electrons. The van der Waals surface area contributed by atoms with Gasteiger partial charge in [-0.3, -0.25) is 19.9 Å². The third-order valence-corrected chi connectivity index (χ3v) is 8.44. The molecule has 5 rings (SSSR count). The van der Waals surface area contributed by atoms with E-state index in [9.17, 15) is 9.59 Å². The van der Waals surface area contributed by atoms with Gasteiger partial charge in [0.15, 0.2) is 0 Å². The van der Waals surface area contributed by atoms with Gasteiger partial charge in [-0.05, 0) is 72.9 Å². The molecule has 0 unspecified atom stereocenters. The largest absolute Gasteiger partial charge is 0.339 e. The Morgan fingerprint density at radius 3 is 2.74 bits per heavy atom. The molecule has 1 saturated carbocycles. The van der Waals surface area contributed by atoms with Crippen molar-refractivity contribution in [3.05, 3.63) is 66.5 Å². The summed E-state index contributed by atoms with van der Waals surface area (Å²) in [5.74, 6) is 0.330. The van der Waals surface area contributed by atoms with Gasteiger partial charge in [-0.15, -0.1) is 0 Å². The zero-order valence-electron chi connectivity index (χ0n) is 22.8. The first-order chi connectivity index (χ1) is 18.1. The highest BCUT2D eigenvalue weighted by Crippen LogP contribution is 2.55. The fourth-order valence-electron chi connectivity index (χ4n) is 5.67. The van der Waals surface area contributed by atoms with E-state index >= 15 is 0 Å². The number of nitrogens with one attached hydrogen (secondary N) is 2. The van der Waals surface area contributed by atoms with Crippen LogP contribution in [0.25, 0.3) is 11.0 Å². The molecule has 2 amide bonds. The van der Waals surface area contributed by atoms with E-state index in [1.807, 2.05) is 4.90 Å². The molecule has 1 saturated heterocycles. The molecule has 8 heteroatoms. The third kappa shape index (κ3) is 5.10. The summed E-state index contributed by atoms with van der Waals surface area (Å²) in [6, 6.07) is 10.4. The normalized spacial score (nSPS) is 21.9. The Labute approximate surface area is 224 Å². The van der Waals surface area contributed by atoms with Gasteiger partial charge in [-0.2, -0.15) is 0 Å². The zero-order chi connectivity index (χ0) is 27.1. The summed E-state index contributed by atoms with van der Waals surface area (Å²) < 4.78 is 2.18. The quantitative estimate of drug-likeness (QED) is 0.436. The van der Waals surface area contributed by atoms with Crippen molar-refractivity contribution in [1.82, 2.24) is 24.8 Å². The van der Waals surface area contributed by atoms with E-state index in [2.05, 4.69) is 72.7 Å². The van der Waals surface area contributed by atoms with Crippen LogP contribution in [0.3, 0.4) is 0 Å². The fraction of sp³-hybridized carbons (Fsp3) is 0.467. The lowest BCUT2D eigenvalue weighted by atomic mass is 9.64. The minimum atomic E-state index is -0.229. The van der Waals surface area contributed by atoms with Crippen LogP contribution in [0.5, 0.6) is 0 Å². The summed E-state index contributed by atoms with van der Waals surface area (Å²) in [5.41, 5.74) is 3.81. The smallest absolute Gasteiger partial charge is 0.259 e. The monoisotopic (exact) mass is 514 g/mol. The number of benzene rings is 1. The van der Waals surface area contributed by atoms with E-state index in [4.69, 9.17) is 4.98 Å². The van der Waals surface area contributed by atoms with Crippen LogP contribution in [0.2, 0.25) is 0 Å². The van der Waals surface area contributed by atoms with Gasteiger partial charge in [0, 0.05) is 44.1 Å². The van der Waals surface area contributed by atoms with Crippen LogP contribution in [0, 0.1) is 10.8 Å². The average molecular weight is 515 g/mol. The van der Waals surface area contributed by atoms with Crippen LogP contribution in [-0.2, 0) is 11.3 Å². The predicted octanol–water partition coefficient (Wildman–Crippen LogP) is 4.95. The molecule has 0 radical (unpaired) electrons. The van der Waals surface area contributed by atoms with Gasteiger partial charge in [0.2, 0.25) is 11.9 Å². The van der Waals surface area contributed by atoms with Crippen LogP contribution in [-0.4, -0.2) is 50.4 Å². The van der Waals surface area contributed by atoms with E-state index in [-0.39, 0.29) is 28.7 Å². The number of likely N-dealkylation sites (tertiary alicyclic amines) is 1. The van der Waals surface area contributed by atoms with E-state index in [1.165, 1.54) is 6.08 Å². The molecule has 1 spiro atoms. The van der Waals surface area contributed by atoms with Gasteiger partial charge in [0.25, 0.3) is 5.91 Å². The minimum Gasteiger partial charge on any atom is -0.339 e. The first kappa shape index (κ1) is 26.1. The average Bonchev–Trinajstić information content (AvgIpc) is 3.47. The van der Waals surface area contributed by atoms with Crippen molar-refractivity contribution in [2.45, 2.75) is 65.6 Å². The van der Waals surface area contributed by atoms with Crippen molar-refractivity contribution in [1.29, 1.82) is 0 Å². The Kier molecular flexibility index (Phi) is 6.86. The number of carbonyl (C=O) groups excluding carboxylic acids is 2. The summed E-state index contributed by atoms with van der Waals surface area (Å²) in [6.07, 6.45) is 7.50. The van der Waals surface area contributed by atoms with Gasteiger partial charge >= 0.3 is 0 Å². The third-order valence-electron chi connectivity index (χ3n) is 8.44. The molecule has 1 atom stereocenters. The van der Waals surface area contributed by atoms with Crippen molar-refractivity contribution in [2.75, 3.05) is 18.4 Å². The molecule has 2 aromatic heterocycles. The van der Waals surface area contributed by atoms with Crippen molar-refractivity contribution in [2.24, 2.45) is 10.8 Å². The van der Waals surface area contributed by atoms with Crippen LogP contribution in [0.15, 0.2) is 55.4 Å². The molecule has 1 aromatic carbocycles. The van der Waals surface area contributed by atoms with Crippen LogP contribution >= 0.6 is 0 Å². The number of rotatable bonds is 7. The first-order valence-corrected chi connectivity index (χ1v) is 13.5. The standard InChI is InChI=1S/C30H38N6O2/c1-6-26(37)35-13-11-30(19-35)15-23(16-30)36-25-10-9-21(17-32-20(2)29(3,4)5)14-24(25)33-28(36)34-27(38)22-8-7-12-31-18-22/h6-10,12,14,18,20,23,32H,1,11,13,15-17,19H2,2-5H3,(H,33,34,38)/t20-,23?,30?/m0/s1. The molecule has 2 N–H and O–H groups in total. The number of imidazole rings is 1. The molecule has 2 fully saturated rings. The van der Waals surface area contributed by atoms with Crippen LogP contribution in [0.4, 0.5) is 5.95 Å². The molecule has 1 aliphatic heterocycles. The number of carbonyl (C=O) groups is 2. The van der Waals surface area contributed by atoms with E-state index < -0.39 is 0 Å². The van der Waals surface area contributed by atoms with Gasteiger partial charge in [0.1, 0.15) is 0 Å². The maximum absolute atomic E-state index is 13.0. The minimum absolute atomic E-state index is 0.00439. The molecule has 3 heterocycles. The van der Waals surface area contributed by atoms with Crippen LogP contribution in [0.1, 0.15) is 68.9 Å². The van der Waals surface area contributed by atoms with Crippen LogP contribution < -0.4 is 10.6 Å². The molecule has 0 bridgehead atoms. The number of hydrogen-bond donors (Lipinski definition) is 2. The first-order valence-electron chi connectivity index (χ1n) is 13.5. The molecule has 2 aliphatic rings. The Hall–Kier alpha value is -3.52. The summed E-state index contributed by atoms with van der Waals surface area (Å²) in [7, 11) is 0. The lowest BCUT2D eigenvalue weighted by molar-refractivity contribution is -0.125. The van der Waals surface area contributed by atoms with Crippen molar-refractivity contribution < 1.29 is 9.59 Å². The molecular weight excluding hydrogens is 476 g/mol. The highest BCUT2D eigenvalue weighted by atomic mass is 16.2. The number of anilines is 1. The van der Waals surface area contributed by atoms with Crippen molar-refractivity contribution >= 4 is 28.8 Å². The maximum atomic E-state index is 13.0. The maximum Gasteiger partial charge on any atom is 0.259 e. The second-order valence-corrected chi connectivity index (χ2v) is 12.1. The van der Waals surface area contributed by atoms with Crippen molar-refractivity contribution in [3.63, 3.8) is 0 Å². The highest BCUT2D eigenvalue weighted by molar-refractivity contribution is 6.04. The number of hydrogen-bond acceptors (Lipinski definition) is 5. The Morgan fingerprint density at radius 1 is 1.26 bits per heavy atom. The SMILES string of the molecule is C=CC(=O)N1CCC2(CC(n3c(NC(=O)c4cccnc4)nc4cc(CN[C@@H](C)C(C)(C)C)ccc43)C2)C1. The molecule has 8 nitrogen and oxygen atoms in total. The second-order valence-electron chi connectivity index (χ2n) is 12.1. The van der Waals surface area contributed by atoms with Crippen molar-refractivity contribution in [3.8, 4) is 0 Å². The predicted molar refractivity (Wildman–Crippen MR) is 150 cm³/mol. The lowest BCUT2D eigenvalue weighted by Crippen LogP contribution is -2.42. The molecule has 38 heavy (non-hydrogen) atoms. The Balaban J connectivity index is 1.41. The topological polar surface area (TPSA) is 92.2 Å². The van der Waals surface area contributed by atoms with Gasteiger partial charge < -0.3 is 14.8 Å². The summed E-state index contributed by atoms with van der Waals surface area (Å²) >= 11 is 0. The summed E-state index contributed by atoms with van der Waals surface area (Å²) in [6.45, 7) is 14.8. The molecular formula is C30H38N6O2. The number of fused-ring (bicyclic) bond motifs is 1. The summed E-state index contributed by atoms with van der Waals surface area (Å²) in [5, 5.41) is 6.67. The fourth-order valence-corrected chi connectivity index (χ4v) is 5.67.